The number of hydrogen-bond acceptors (Lipinski definition) is 11. The molecule has 0 aromatic heterocycles. The Kier molecular flexibility index (Phi) is 13.3. The minimum absolute atomic E-state index is 0.0705. The van der Waals surface area contributed by atoms with Crippen LogP contribution in [0.3, 0.4) is 0 Å². The van der Waals surface area contributed by atoms with E-state index in [-0.39, 0.29) is 49.0 Å². The molecule has 3 aromatic carbocycles. The zero-order valence-electron chi connectivity index (χ0n) is 27.4. The largest absolute Gasteiger partial charge is 0.468 e. The molecule has 0 aliphatic carbocycles. The highest BCUT2D eigenvalue weighted by atomic mass is 17.2. The van der Waals surface area contributed by atoms with Gasteiger partial charge in [0.15, 0.2) is 19.4 Å². The maximum absolute atomic E-state index is 13.6. The molecule has 0 radical (unpaired) electrons. The molecule has 1 N–H and O–H groups in total. The van der Waals surface area contributed by atoms with Crippen molar-refractivity contribution in [3.8, 4) is 11.5 Å². The van der Waals surface area contributed by atoms with Gasteiger partial charge in [-0.3, -0.25) is 9.59 Å². The van der Waals surface area contributed by atoms with Gasteiger partial charge in [0, 0.05) is 51.6 Å². The zero-order chi connectivity index (χ0) is 34.5. The summed E-state index contributed by atoms with van der Waals surface area (Å²) in [6.07, 6.45) is 0.612. The molecule has 2 unspecified atom stereocenters. The van der Waals surface area contributed by atoms with Gasteiger partial charge in [0.05, 0.1) is 11.7 Å². The van der Waals surface area contributed by atoms with Crippen LogP contribution in [0.25, 0.3) is 0 Å². The molecule has 3 aromatic rings. The van der Waals surface area contributed by atoms with E-state index in [4.69, 9.17) is 33.5 Å². The van der Waals surface area contributed by atoms with Crippen molar-refractivity contribution in [1.29, 1.82) is 0 Å². The molecule has 1 saturated heterocycles. The summed E-state index contributed by atoms with van der Waals surface area (Å²) in [5.74, 6) is -1.34. The van der Waals surface area contributed by atoms with Gasteiger partial charge < -0.3 is 33.9 Å². The Morgan fingerprint density at radius 1 is 0.833 bits per heavy atom. The van der Waals surface area contributed by atoms with Gasteiger partial charge in [0.2, 0.25) is 0 Å². The number of carbonyl (C=O) groups is 4. The number of nitrogens with one attached hydrogen (secondary N) is 1. The number of likely N-dealkylation sites (tertiary alicyclic amines) is 1. The van der Waals surface area contributed by atoms with Crippen molar-refractivity contribution in [1.82, 2.24) is 10.2 Å². The van der Waals surface area contributed by atoms with E-state index in [0.717, 1.165) is 6.42 Å². The third kappa shape index (κ3) is 9.53. The molecule has 0 saturated carbocycles. The molecule has 0 bridgehead atoms. The lowest BCUT2D eigenvalue weighted by atomic mass is 9.95. The molecule has 13 nitrogen and oxygen atoms in total. The average molecular weight is 665 g/mol. The third-order valence-electron chi connectivity index (χ3n) is 7.67. The van der Waals surface area contributed by atoms with E-state index < -0.39 is 23.9 Å². The molecule has 13 heteroatoms. The highest BCUT2D eigenvalue weighted by Gasteiger charge is 2.29. The van der Waals surface area contributed by atoms with Gasteiger partial charge in [0.25, 0.3) is 5.91 Å². The van der Waals surface area contributed by atoms with Crippen LogP contribution >= 0.6 is 0 Å². The SMILES string of the molecule is COCOc1ccc(C(=O)NC2CCCCN(C(=O)OOC(=O)c3cc(C(C)OC)cc(C(=O)c4ccccc4)c3OCOC)C2)cc1. The van der Waals surface area contributed by atoms with Crippen LogP contribution in [0.4, 0.5) is 4.79 Å². The highest BCUT2D eigenvalue weighted by Crippen LogP contribution is 2.32. The van der Waals surface area contributed by atoms with E-state index in [0.29, 0.717) is 41.8 Å². The number of ketones is 1. The summed E-state index contributed by atoms with van der Waals surface area (Å²) >= 11 is 0. The van der Waals surface area contributed by atoms with Crippen LogP contribution in [0.5, 0.6) is 11.5 Å². The van der Waals surface area contributed by atoms with Gasteiger partial charge in [-0.15, -0.1) is 0 Å². The normalized spacial score (nSPS) is 15.1. The molecule has 2 amide bonds. The van der Waals surface area contributed by atoms with Gasteiger partial charge >= 0.3 is 12.1 Å². The van der Waals surface area contributed by atoms with Gasteiger partial charge in [0.1, 0.15) is 17.1 Å². The number of methoxy groups -OCH3 is 3. The van der Waals surface area contributed by atoms with Crippen LogP contribution in [0.2, 0.25) is 0 Å². The number of ether oxygens (including phenoxy) is 5. The Hall–Kier alpha value is -4.98. The quantitative estimate of drug-likeness (QED) is 0.113. The molecule has 48 heavy (non-hydrogen) atoms. The van der Waals surface area contributed by atoms with Crippen LogP contribution in [0, 0.1) is 0 Å². The van der Waals surface area contributed by atoms with Gasteiger partial charge in [-0.1, -0.05) is 30.3 Å². The van der Waals surface area contributed by atoms with Gasteiger partial charge in [-0.05, 0) is 68.1 Å². The van der Waals surface area contributed by atoms with E-state index in [1.807, 2.05) is 0 Å². The molecule has 1 heterocycles. The Morgan fingerprint density at radius 2 is 1.52 bits per heavy atom. The predicted octanol–water partition coefficient (Wildman–Crippen LogP) is 5.08. The topological polar surface area (TPSA) is 148 Å². The predicted molar refractivity (Wildman–Crippen MR) is 172 cm³/mol. The molecule has 1 fully saturated rings. The summed E-state index contributed by atoms with van der Waals surface area (Å²) in [5.41, 5.74) is 1.18. The first kappa shape index (κ1) is 35.9. The minimum Gasteiger partial charge on any atom is -0.468 e. The van der Waals surface area contributed by atoms with Gasteiger partial charge in [-0.25, -0.2) is 19.4 Å². The third-order valence-corrected chi connectivity index (χ3v) is 7.67. The van der Waals surface area contributed by atoms with Crippen LogP contribution < -0.4 is 14.8 Å². The summed E-state index contributed by atoms with van der Waals surface area (Å²) in [6, 6.07) is 17.7. The second-order valence-electron chi connectivity index (χ2n) is 11.0. The Balaban J connectivity index is 1.47. The first-order chi connectivity index (χ1) is 23.2. The van der Waals surface area contributed by atoms with Crippen molar-refractivity contribution in [2.75, 3.05) is 48.0 Å². The van der Waals surface area contributed by atoms with Crippen LogP contribution in [0.1, 0.15) is 74.5 Å². The van der Waals surface area contributed by atoms with Crippen LogP contribution in [-0.4, -0.2) is 82.7 Å². The molecule has 256 valence electrons. The Morgan fingerprint density at radius 3 is 2.21 bits per heavy atom. The lowest BCUT2D eigenvalue weighted by molar-refractivity contribution is -0.192. The van der Waals surface area contributed by atoms with Gasteiger partial charge in [-0.2, -0.15) is 0 Å². The van der Waals surface area contributed by atoms with Crippen molar-refractivity contribution < 1.29 is 52.6 Å². The van der Waals surface area contributed by atoms with E-state index in [9.17, 15) is 19.2 Å². The van der Waals surface area contributed by atoms with Crippen molar-refractivity contribution in [3.63, 3.8) is 0 Å². The standard InChI is InChI=1S/C35H40N2O11/c1-23(44-4)26-18-29(31(38)24-10-6-5-7-11-24)32(46-22-43-3)30(19-26)34(40)47-48-35(41)37-17-9-8-12-27(20-37)36-33(39)25-13-15-28(16-14-25)45-21-42-2/h5-7,10-11,13-16,18-19,23,27H,8-9,12,17,20-22H2,1-4H3,(H,36,39). The van der Waals surface area contributed by atoms with Crippen molar-refractivity contribution in [2.45, 2.75) is 38.3 Å². The minimum atomic E-state index is -1.07. The van der Waals surface area contributed by atoms with Crippen LogP contribution in [0.15, 0.2) is 66.7 Å². The maximum Gasteiger partial charge on any atom is 0.453 e. The van der Waals surface area contributed by atoms with E-state index in [2.05, 4.69) is 5.32 Å². The van der Waals surface area contributed by atoms with Crippen molar-refractivity contribution >= 4 is 23.8 Å². The number of carbonyl (C=O) groups excluding carboxylic acids is 4. The van der Waals surface area contributed by atoms with E-state index >= 15 is 0 Å². The lowest BCUT2D eigenvalue weighted by Gasteiger charge is -2.24. The molecule has 4 rings (SSSR count). The number of nitrogens with zero attached hydrogens (tertiary/aromatic N) is 1. The molecule has 1 aliphatic heterocycles. The second-order valence-corrected chi connectivity index (χ2v) is 11.0. The first-order valence-electron chi connectivity index (χ1n) is 15.4. The smallest absolute Gasteiger partial charge is 0.453 e. The molecule has 0 spiro atoms. The number of hydrogen-bond donors (Lipinski definition) is 1. The average Bonchev–Trinajstić information content (AvgIpc) is 3.37. The fourth-order valence-corrected chi connectivity index (χ4v) is 5.06. The Labute approximate surface area is 278 Å². The molecule has 2 atom stereocenters. The number of amides is 2. The fourth-order valence-electron chi connectivity index (χ4n) is 5.06. The van der Waals surface area contributed by atoms with Crippen LogP contribution in [-0.2, 0) is 24.0 Å². The first-order valence-corrected chi connectivity index (χ1v) is 15.4. The van der Waals surface area contributed by atoms with Crippen molar-refractivity contribution in [3.05, 3.63) is 94.5 Å². The second kappa shape index (κ2) is 17.8. The summed E-state index contributed by atoms with van der Waals surface area (Å²) in [5, 5.41) is 2.96. The zero-order valence-corrected chi connectivity index (χ0v) is 27.4. The maximum atomic E-state index is 13.6. The summed E-state index contributed by atoms with van der Waals surface area (Å²) in [6.45, 7) is 2.02. The summed E-state index contributed by atoms with van der Waals surface area (Å²) in [7, 11) is 4.40. The summed E-state index contributed by atoms with van der Waals surface area (Å²) in [4.78, 5) is 64.5. The number of benzene rings is 3. The molecule has 1 aliphatic rings. The van der Waals surface area contributed by atoms with E-state index in [1.165, 1.54) is 32.3 Å². The summed E-state index contributed by atoms with van der Waals surface area (Å²) < 4.78 is 26.5. The molecular weight excluding hydrogens is 624 g/mol. The molecular formula is C35H40N2O11. The highest BCUT2D eigenvalue weighted by molar-refractivity contribution is 6.12. The number of rotatable bonds is 13. The monoisotopic (exact) mass is 664 g/mol. The fraction of sp³-hybridized carbons (Fsp3) is 0.371. The van der Waals surface area contributed by atoms with Crippen molar-refractivity contribution in [2.24, 2.45) is 0 Å². The van der Waals surface area contributed by atoms with E-state index in [1.54, 1.807) is 67.6 Å². The lowest BCUT2D eigenvalue weighted by Crippen LogP contribution is -2.45. The Bertz CT molecular complexity index is 1550.